The highest BCUT2D eigenvalue weighted by molar-refractivity contribution is 6.33. The normalized spacial score (nSPS) is 18.7. The van der Waals surface area contributed by atoms with Crippen LogP contribution in [0.1, 0.15) is 95.5 Å². The minimum Gasteiger partial charge on any atom is -0.349 e. The Kier molecular flexibility index (Phi) is 8.96. The highest BCUT2D eigenvalue weighted by atomic mass is 35.5. The number of hydrogen-bond acceptors (Lipinski definition) is 6. The Hall–Kier alpha value is -4.11. The van der Waals surface area contributed by atoms with Crippen LogP contribution in [0, 0.1) is 5.82 Å². The number of rotatable bonds is 7. The van der Waals surface area contributed by atoms with Crippen LogP contribution >= 0.6 is 11.6 Å². The summed E-state index contributed by atoms with van der Waals surface area (Å²) >= 11 is 6.91. The predicted octanol–water partition coefficient (Wildman–Crippen LogP) is 7.76. The summed E-state index contributed by atoms with van der Waals surface area (Å²) in [6, 6.07) is 9.89. The van der Waals surface area contributed by atoms with Crippen molar-refractivity contribution in [3.63, 3.8) is 0 Å². The molecule has 2 fully saturated rings. The first-order valence-corrected chi connectivity index (χ1v) is 16.9. The summed E-state index contributed by atoms with van der Waals surface area (Å²) in [5.74, 6) is 0.299. The molecule has 6 rings (SSSR count). The lowest BCUT2D eigenvalue weighted by atomic mass is 9.81. The zero-order chi connectivity index (χ0) is 33.7. The molecule has 4 aromatic rings. The molecule has 3 aromatic heterocycles. The van der Waals surface area contributed by atoms with Gasteiger partial charge in [0.1, 0.15) is 11.6 Å². The Balaban J connectivity index is 1.67. The van der Waals surface area contributed by atoms with Gasteiger partial charge >= 0.3 is 5.69 Å². The Morgan fingerprint density at radius 3 is 2.36 bits per heavy atom. The standard InChI is InChI=1S/C37H42ClFN6O2/c1-8-31(46)43-18-23(7)44(19-22(43)6)35-27-16-28(38)33(25-14-9-10-15-29(25)39)41-36(27)45(37(47)42-35)34-26(20(2)3)17-30(24-12-11-13-24)40-32(34)21(4)5/h8-10,14-17,20-24H,1,11-13,18-19H2,2-7H3/t22-,23+/m1/s1. The van der Waals surface area contributed by atoms with Gasteiger partial charge in [0.15, 0.2) is 5.65 Å². The quantitative estimate of drug-likeness (QED) is 0.189. The summed E-state index contributed by atoms with van der Waals surface area (Å²) in [5, 5.41) is 0.799. The molecular weight excluding hydrogens is 615 g/mol. The van der Waals surface area contributed by atoms with Crippen LogP contribution in [0.5, 0.6) is 0 Å². The summed E-state index contributed by atoms with van der Waals surface area (Å²) in [5.41, 5.74) is 3.83. The molecule has 4 heterocycles. The van der Waals surface area contributed by atoms with Gasteiger partial charge in [-0.3, -0.25) is 9.78 Å². The number of carbonyl (C=O) groups is 1. The summed E-state index contributed by atoms with van der Waals surface area (Å²) in [6.45, 7) is 16.9. The zero-order valence-electron chi connectivity index (χ0n) is 27.9. The average molecular weight is 657 g/mol. The lowest BCUT2D eigenvalue weighted by Crippen LogP contribution is -2.58. The van der Waals surface area contributed by atoms with Crippen LogP contribution < -0.4 is 10.6 Å². The number of benzene rings is 1. The monoisotopic (exact) mass is 656 g/mol. The predicted molar refractivity (Wildman–Crippen MR) is 186 cm³/mol. The van der Waals surface area contributed by atoms with Gasteiger partial charge in [-0.25, -0.2) is 18.7 Å². The molecule has 0 N–H and O–H groups in total. The molecule has 0 spiro atoms. The van der Waals surface area contributed by atoms with Crippen molar-refractivity contribution in [1.82, 2.24) is 24.4 Å². The molecular formula is C37H42ClFN6O2. The number of halogens is 2. The maximum absolute atomic E-state index is 15.2. The number of fused-ring (bicyclic) bond motifs is 1. The van der Waals surface area contributed by atoms with E-state index in [4.69, 9.17) is 26.6 Å². The number of amides is 1. The van der Waals surface area contributed by atoms with Crippen molar-refractivity contribution in [3.05, 3.63) is 87.3 Å². The average Bonchev–Trinajstić information content (AvgIpc) is 3.00. The van der Waals surface area contributed by atoms with Crippen molar-refractivity contribution >= 4 is 34.4 Å². The van der Waals surface area contributed by atoms with Crippen molar-refractivity contribution in [3.8, 4) is 16.9 Å². The second-order valence-corrected chi connectivity index (χ2v) is 14.0. The van der Waals surface area contributed by atoms with E-state index in [1.807, 2.05) is 18.7 Å². The molecule has 1 aromatic carbocycles. The number of nitrogens with zero attached hydrogens (tertiary/aromatic N) is 6. The van der Waals surface area contributed by atoms with Crippen LogP contribution in [0.15, 0.2) is 53.8 Å². The number of carbonyl (C=O) groups excluding carboxylic acids is 1. The van der Waals surface area contributed by atoms with Crippen LogP contribution in [0.3, 0.4) is 0 Å². The van der Waals surface area contributed by atoms with Gasteiger partial charge < -0.3 is 9.80 Å². The molecule has 0 radical (unpaired) electrons. The largest absolute Gasteiger partial charge is 0.355 e. The van der Waals surface area contributed by atoms with Gasteiger partial charge in [0.25, 0.3) is 0 Å². The summed E-state index contributed by atoms with van der Waals surface area (Å²) in [7, 11) is 0. The number of anilines is 1. The smallest absolute Gasteiger partial charge is 0.349 e. The number of aromatic nitrogens is 4. The molecule has 47 heavy (non-hydrogen) atoms. The van der Waals surface area contributed by atoms with E-state index in [1.54, 1.807) is 33.7 Å². The minimum absolute atomic E-state index is 0.00108. The Morgan fingerprint density at radius 1 is 1.02 bits per heavy atom. The fourth-order valence-electron chi connectivity index (χ4n) is 6.81. The molecule has 8 nitrogen and oxygen atoms in total. The van der Waals surface area contributed by atoms with E-state index < -0.39 is 11.5 Å². The SMILES string of the molecule is C=CC(=O)N1C[C@H](C)N(c2nc(=O)n(-c3c(C(C)C)cc(C4CCC4)nc3C(C)C)c3nc(-c4ccccc4F)c(Cl)cc23)C[C@H]1C. The van der Waals surface area contributed by atoms with E-state index in [0.29, 0.717) is 41.5 Å². The van der Waals surface area contributed by atoms with Gasteiger partial charge in [0.2, 0.25) is 5.91 Å². The Labute approximate surface area is 280 Å². The zero-order valence-corrected chi connectivity index (χ0v) is 28.7. The van der Waals surface area contributed by atoms with E-state index in [1.165, 1.54) is 18.6 Å². The molecule has 1 amide bonds. The molecule has 0 unspecified atom stereocenters. The second-order valence-electron chi connectivity index (χ2n) is 13.6. The first-order valence-electron chi connectivity index (χ1n) is 16.5. The van der Waals surface area contributed by atoms with Crippen LogP contribution in [0.4, 0.5) is 10.2 Å². The van der Waals surface area contributed by atoms with Crippen molar-refractivity contribution in [2.45, 2.75) is 90.6 Å². The summed E-state index contributed by atoms with van der Waals surface area (Å²) in [6.07, 6.45) is 4.72. The van der Waals surface area contributed by atoms with Crippen LogP contribution in [0.25, 0.3) is 28.0 Å². The summed E-state index contributed by atoms with van der Waals surface area (Å²) < 4.78 is 16.8. The Morgan fingerprint density at radius 2 is 1.74 bits per heavy atom. The topological polar surface area (TPSA) is 84.2 Å². The molecule has 2 aliphatic rings. The van der Waals surface area contributed by atoms with E-state index in [-0.39, 0.29) is 46.1 Å². The maximum atomic E-state index is 15.2. The van der Waals surface area contributed by atoms with E-state index in [2.05, 4.69) is 40.3 Å². The molecule has 2 atom stereocenters. The third-order valence-corrected chi connectivity index (χ3v) is 9.92. The molecule has 1 saturated carbocycles. The number of piperazine rings is 1. The number of hydrogen-bond donors (Lipinski definition) is 0. The van der Waals surface area contributed by atoms with Crippen LogP contribution in [-0.4, -0.2) is 55.5 Å². The summed E-state index contributed by atoms with van der Waals surface area (Å²) in [4.78, 5) is 45.8. The van der Waals surface area contributed by atoms with Gasteiger partial charge in [-0.2, -0.15) is 4.98 Å². The molecule has 246 valence electrons. The number of pyridine rings is 2. The molecule has 0 bridgehead atoms. The van der Waals surface area contributed by atoms with Gasteiger partial charge in [0, 0.05) is 42.3 Å². The third-order valence-electron chi connectivity index (χ3n) is 9.63. The molecule has 10 heteroatoms. The fraction of sp³-hybridized carbons (Fsp3) is 0.432. The van der Waals surface area contributed by atoms with Gasteiger partial charge in [-0.15, -0.1) is 0 Å². The minimum atomic E-state index is -0.506. The van der Waals surface area contributed by atoms with E-state index >= 15 is 4.39 Å². The second kappa shape index (κ2) is 12.8. The first kappa shape index (κ1) is 32.8. The van der Waals surface area contributed by atoms with Crippen molar-refractivity contribution in [2.75, 3.05) is 18.0 Å². The third kappa shape index (κ3) is 5.83. The van der Waals surface area contributed by atoms with Crippen LogP contribution in [-0.2, 0) is 4.79 Å². The van der Waals surface area contributed by atoms with Gasteiger partial charge in [0.05, 0.1) is 27.5 Å². The molecule has 1 aliphatic heterocycles. The maximum Gasteiger partial charge on any atom is 0.355 e. The van der Waals surface area contributed by atoms with Crippen molar-refractivity contribution < 1.29 is 9.18 Å². The fourth-order valence-corrected chi connectivity index (χ4v) is 7.07. The van der Waals surface area contributed by atoms with Gasteiger partial charge in [-0.1, -0.05) is 64.4 Å². The van der Waals surface area contributed by atoms with Gasteiger partial charge in [-0.05, 0) is 74.4 Å². The molecule has 1 saturated heterocycles. The highest BCUT2D eigenvalue weighted by Gasteiger charge is 2.35. The van der Waals surface area contributed by atoms with Crippen LogP contribution in [0.2, 0.25) is 5.02 Å². The lowest BCUT2D eigenvalue weighted by Gasteiger charge is -2.44. The first-order chi connectivity index (χ1) is 22.4. The highest BCUT2D eigenvalue weighted by Crippen LogP contribution is 2.41. The Bertz CT molecular complexity index is 1910. The van der Waals surface area contributed by atoms with E-state index in [9.17, 15) is 9.59 Å². The lowest BCUT2D eigenvalue weighted by molar-refractivity contribution is -0.128. The van der Waals surface area contributed by atoms with Crippen molar-refractivity contribution in [2.24, 2.45) is 0 Å². The van der Waals surface area contributed by atoms with Crippen molar-refractivity contribution in [1.29, 1.82) is 0 Å². The molecule has 1 aliphatic carbocycles. The van der Waals surface area contributed by atoms with E-state index in [0.717, 1.165) is 29.8 Å².